The Labute approximate surface area is 99.3 Å². The number of anilines is 2. The Balaban J connectivity index is 2.43. The molecular formula is C12H15N5. The highest BCUT2D eigenvalue weighted by atomic mass is 15.1. The van der Waals surface area contributed by atoms with Crippen LogP contribution >= 0.6 is 0 Å². The van der Waals surface area contributed by atoms with E-state index in [1.807, 2.05) is 6.92 Å². The van der Waals surface area contributed by atoms with Crippen molar-refractivity contribution in [1.82, 2.24) is 15.0 Å². The van der Waals surface area contributed by atoms with Gasteiger partial charge in [-0.25, -0.2) is 4.98 Å². The predicted octanol–water partition coefficient (Wildman–Crippen LogP) is 1.38. The molecule has 0 aliphatic heterocycles. The molecule has 0 bridgehead atoms. The van der Waals surface area contributed by atoms with Gasteiger partial charge in [0.05, 0.1) is 5.39 Å². The summed E-state index contributed by atoms with van der Waals surface area (Å²) in [6.45, 7) is 2.03. The molecular weight excluding hydrogens is 214 g/mol. The number of aromatic nitrogens is 3. The minimum atomic E-state index is 0.192. The summed E-state index contributed by atoms with van der Waals surface area (Å²) < 4.78 is 0. The molecule has 0 saturated carbocycles. The highest BCUT2D eigenvalue weighted by Gasteiger charge is 2.19. The molecule has 4 N–H and O–H groups in total. The van der Waals surface area contributed by atoms with Crippen molar-refractivity contribution >= 4 is 22.8 Å². The van der Waals surface area contributed by atoms with Crippen molar-refractivity contribution in [2.75, 3.05) is 11.5 Å². The molecule has 3 rings (SSSR count). The summed E-state index contributed by atoms with van der Waals surface area (Å²) in [6, 6.07) is 0. The Morgan fingerprint density at radius 3 is 2.41 bits per heavy atom. The number of fused-ring (bicyclic) bond motifs is 3. The normalized spacial score (nSPS) is 14.9. The fourth-order valence-electron chi connectivity index (χ4n) is 2.66. The van der Waals surface area contributed by atoms with E-state index in [-0.39, 0.29) is 5.95 Å². The second-order valence-electron chi connectivity index (χ2n) is 4.53. The lowest BCUT2D eigenvalue weighted by molar-refractivity contribution is 0.682. The molecule has 0 radical (unpaired) electrons. The molecule has 0 amide bonds. The molecule has 5 heteroatoms. The Morgan fingerprint density at radius 1 is 0.941 bits per heavy atom. The maximum Gasteiger partial charge on any atom is 0.224 e. The molecule has 0 fully saturated rings. The molecule has 0 atom stereocenters. The number of nitrogen functional groups attached to an aromatic ring is 2. The van der Waals surface area contributed by atoms with Crippen LogP contribution in [0.4, 0.5) is 11.8 Å². The number of hydrogen-bond donors (Lipinski definition) is 2. The van der Waals surface area contributed by atoms with E-state index in [0.717, 1.165) is 23.9 Å². The van der Waals surface area contributed by atoms with Crippen LogP contribution in [0.5, 0.6) is 0 Å². The summed E-state index contributed by atoms with van der Waals surface area (Å²) in [5.41, 5.74) is 15.8. The molecule has 2 aromatic heterocycles. The number of nitrogens with zero attached hydrogens (tertiary/aromatic N) is 3. The third-order valence-corrected chi connectivity index (χ3v) is 3.42. The summed E-state index contributed by atoms with van der Waals surface area (Å²) in [6.07, 6.45) is 4.52. The SMILES string of the molecule is Cc1nc2nc(N)nc(N)c2c2c1CCCC2. The van der Waals surface area contributed by atoms with Gasteiger partial charge in [-0.15, -0.1) is 0 Å². The third kappa shape index (κ3) is 1.50. The molecule has 88 valence electrons. The summed E-state index contributed by atoms with van der Waals surface area (Å²) in [7, 11) is 0. The monoisotopic (exact) mass is 229 g/mol. The van der Waals surface area contributed by atoms with E-state index in [4.69, 9.17) is 11.5 Å². The average molecular weight is 229 g/mol. The fourth-order valence-corrected chi connectivity index (χ4v) is 2.66. The van der Waals surface area contributed by atoms with E-state index in [1.165, 1.54) is 24.0 Å². The standard InChI is InChI=1S/C12H15N5/c1-6-7-4-2-3-5-8(7)9-10(13)16-12(14)17-11(9)15-6/h2-5H2,1H3,(H4,13,14,15,16,17). The summed E-state index contributed by atoms with van der Waals surface area (Å²) in [4.78, 5) is 12.7. The molecule has 0 aromatic carbocycles. The molecule has 0 saturated heterocycles. The largest absolute Gasteiger partial charge is 0.383 e. The van der Waals surface area contributed by atoms with Crippen molar-refractivity contribution < 1.29 is 0 Å². The van der Waals surface area contributed by atoms with Crippen molar-refractivity contribution in [2.45, 2.75) is 32.6 Å². The minimum Gasteiger partial charge on any atom is -0.383 e. The van der Waals surface area contributed by atoms with E-state index >= 15 is 0 Å². The van der Waals surface area contributed by atoms with Crippen molar-refractivity contribution in [3.05, 3.63) is 16.8 Å². The first-order valence-corrected chi connectivity index (χ1v) is 5.88. The van der Waals surface area contributed by atoms with Gasteiger partial charge >= 0.3 is 0 Å². The molecule has 17 heavy (non-hydrogen) atoms. The second kappa shape index (κ2) is 3.55. The number of aryl methyl sites for hydroxylation is 2. The lowest BCUT2D eigenvalue weighted by Crippen LogP contribution is -2.11. The van der Waals surface area contributed by atoms with Crippen LogP contribution in [0.15, 0.2) is 0 Å². The van der Waals surface area contributed by atoms with Crippen LogP contribution in [0.25, 0.3) is 11.0 Å². The third-order valence-electron chi connectivity index (χ3n) is 3.42. The topological polar surface area (TPSA) is 90.7 Å². The zero-order chi connectivity index (χ0) is 12.0. The lowest BCUT2D eigenvalue weighted by Gasteiger charge is -2.19. The Hall–Kier alpha value is -1.91. The first kappa shape index (κ1) is 10.3. The van der Waals surface area contributed by atoms with Crippen LogP contribution < -0.4 is 11.5 Å². The van der Waals surface area contributed by atoms with Gasteiger partial charge in [0.25, 0.3) is 0 Å². The Bertz CT molecular complexity index is 606. The van der Waals surface area contributed by atoms with E-state index in [9.17, 15) is 0 Å². The fraction of sp³-hybridized carbons (Fsp3) is 0.417. The van der Waals surface area contributed by atoms with Crippen LogP contribution in [-0.4, -0.2) is 15.0 Å². The zero-order valence-corrected chi connectivity index (χ0v) is 9.82. The maximum atomic E-state index is 5.96. The maximum absolute atomic E-state index is 5.96. The Morgan fingerprint density at radius 2 is 1.65 bits per heavy atom. The molecule has 5 nitrogen and oxygen atoms in total. The smallest absolute Gasteiger partial charge is 0.224 e. The summed E-state index contributed by atoms with van der Waals surface area (Å²) in [5, 5.41) is 0.902. The van der Waals surface area contributed by atoms with Crippen LogP contribution in [-0.2, 0) is 12.8 Å². The van der Waals surface area contributed by atoms with Crippen LogP contribution in [0.3, 0.4) is 0 Å². The van der Waals surface area contributed by atoms with Crippen molar-refractivity contribution in [1.29, 1.82) is 0 Å². The number of pyridine rings is 1. The van der Waals surface area contributed by atoms with Crippen molar-refractivity contribution in [3.63, 3.8) is 0 Å². The first-order chi connectivity index (χ1) is 8.16. The predicted molar refractivity (Wildman–Crippen MR) is 67.5 cm³/mol. The lowest BCUT2D eigenvalue weighted by atomic mass is 9.89. The van der Waals surface area contributed by atoms with Crippen LogP contribution in [0, 0.1) is 6.92 Å². The van der Waals surface area contributed by atoms with Gasteiger partial charge in [-0.1, -0.05) is 0 Å². The van der Waals surface area contributed by atoms with Crippen LogP contribution in [0.2, 0.25) is 0 Å². The summed E-state index contributed by atoms with van der Waals surface area (Å²) in [5.74, 6) is 0.649. The highest BCUT2D eigenvalue weighted by molar-refractivity contribution is 5.90. The molecule has 2 aromatic rings. The minimum absolute atomic E-state index is 0.192. The Kier molecular flexibility index (Phi) is 2.14. The van der Waals surface area contributed by atoms with E-state index < -0.39 is 0 Å². The van der Waals surface area contributed by atoms with Gasteiger partial charge in [-0.05, 0) is 43.7 Å². The summed E-state index contributed by atoms with van der Waals surface area (Å²) >= 11 is 0. The highest BCUT2D eigenvalue weighted by Crippen LogP contribution is 2.31. The number of rotatable bonds is 0. The van der Waals surface area contributed by atoms with Gasteiger partial charge in [-0.3, -0.25) is 0 Å². The van der Waals surface area contributed by atoms with E-state index in [0.29, 0.717) is 11.5 Å². The van der Waals surface area contributed by atoms with Gasteiger partial charge in [0.1, 0.15) is 5.82 Å². The van der Waals surface area contributed by atoms with Crippen LogP contribution in [0.1, 0.15) is 29.7 Å². The first-order valence-electron chi connectivity index (χ1n) is 5.88. The van der Waals surface area contributed by atoms with Gasteiger partial charge in [0.2, 0.25) is 5.95 Å². The quantitative estimate of drug-likeness (QED) is 0.712. The molecule has 1 aliphatic carbocycles. The van der Waals surface area contributed by atoms with Crippen molar-refractivity contribution in [2.24, 2.45) is 0 Å². The van der Waals surface area contributed by atoms with Gasteiger partial charge in [0, 0.05) is 5.69 Å². The zero-order valence-electron chi connectivity index (χ0n) is 9.82. The number of hydrogen-bond acceptors (Lipinski definition) is 5. The van der Waals surface area contributed by atoms with Gasteiger partial charge in [0.15, 0.2) is 5.65 Å². The second-order valence-corrected chi connectivity index (χ2v) is 4.53. The molecule has 0 unspecified atom stereocenters. The molecule has 1 aliphatic rings. The molecule has 2 heterocycles. The van der Waals surface area contributed by atoms with E-state index in [2.05, 4.69) is 15.0 Å². The number of nitrogens with two attached hydrogens (primary N) is 2. The van der Waals surface area contributed by atoms with Gasteiger partial charge < -0.3 is 11.5 Å². The van der Waals surface area contributed by atoms with Gasteiger partial charge in [-0.2, -0.15) is 9.97 Å². The molecule has 0 spiro atoms. The average Bonchev–Trinajstić information content (AvgIpc) is 2.28. The van der Waals surface area contributed by atoms with Crippen molar-refractivity contribution in [3.8, 4) is 0 Å². The van der Waals surface area contributed by atoms with E-state index in [1.54, 1.807) is 0 Å².